The van der Waals surface area contributed by atoms with Crippen LogP contribution in [0.4, 0.5) is 0 Å². The molecule has 0 aliphatic heterocycles. The molecule has 1 aliphatic rings. The molecule has 7 aromatic rings. The van der Waals surface area contributed by atoms with E-state index in [9.17, 15) is 0 Å². The first-order chi connectivity index (χ1) is 26.5. The van der Waals surface area contributed by atoms with Crippen molar-refractivity contribution in [1.29, 1.82) is 0 Å². The molecule has 2 N–H and O–H groups in total. The molecule has 0 bridgehead atoms. The Balaban J connectivity index is 1.31. The normalized spacial score (nSPS) is 15.9. The van der Waals surface area contributed by atoms with E-state index in [4.69, 9.17) is 20.1 Å². The lowest BCUT2D eigenvalue weighted by Gasteiger charge is -2.20. The second kappa shape index (κ2) is 15.2. The Kier molecular flexibility index (Phi) is 9.74. The molecular formula is C50H43N3O. The van der Waals surface area contributed by atoms with Gasteiger partial charge in [-0.1, -0.05) is 158 Å². The molecule has 0 fully saturated rings. The van der Waals surface area contributed by atoms with Crippen molar-refractivity contribution in [1.82, 2.24) is 0 Å². The lowest BCUT2D eigenvalue weighted by Crippen LogP contribution is -2.16. The van der Waals surface area contributed by atoms with Crippen LogP contribution in [-0.2, 0) is 0 Å². The quantitative estimate of drug-likeness (QED) is 0.0974. The van der Waals surface area contributed by atoms with Crippen LogP contribution < -0.4 is 5.73 Å². The first-order valence-electron chi connectivity index (χ1n) is 18.7. The predicted molar refractivity (Wildman–Crippen MR) is 229 cm³/mol. The van der Waals surface area contributed by atoms with Crippen molar-refractivity contribution in [3.05, 3.63) is 198 Å². The second-order valence-electron chi connectivity index (χ2n) is 13.8. The largest absolute Gasteiger partial charge is 0.456 e. The van der Waals surface area contributed by atoms with Gasteiger partial charge >= 0.3 is 0 Å². The maximum absolute atomic E-state index is 6.79. The molecule has 6 aromatic carbocycles. The van der Waals surface area contributed by atoms with Gasteiger partial charge in [-0.15, -0.1) is 0 Å². The molecule has 2 unspecified atom stereocenters. The van der Waals surface area contributed by atoms with Gasteiger partial charge in [-0.05, 0) is 83.5 Å². The van der Waals surface area contributed by atoms with E-state index in [1.54, 1.807) is 0 Å². The van der Waals surface area contributed by atoms with Crippen molar-refractivity contribution in [2.24, 2.45) is 15.7 Å². The molecule has 54 heavy (non-hydrogen) atoms. The molecular weight excluding hydrogens is 659 g/mol. The summed E-state index contributed by atoms with van der Waals surface area (Å²) in [6, 6.07) is 44.0. The monoisotopic (exact) mass is 701 g/mol. The lowest BCUT2D eigenvalue weighted by atomic mass is 9.86. The third kappa shape index (κ3) is 6.75. The highest BCUT2D eigenvalue weighted by molar-refractivity contribution is 6.23. The van der Waals surface area contributed by atoms with Crippen LogP contribution in [0.1, 0.15) is 67.0 Å². The van der Waals surface area contributed by atoms with Crippen molar-refractivity contribution in [2.45, 2.75) is 39.2 Å². The average Bonchev–Trinajstić information content (AvgIpc) is 3.62. The number of aliphatic imine (C=N–C) groups is 2. The fourth-order valence-corrected chi connectivity index (χ4v) is 7.59. The van der Waals surface area contributed by atoms with Gasteiger partial charge in [-0.3, -0.25) is 4.99 Å². The van der Waals surface area contributed by atoms with Crippen LogP contribution >= 0.6 is 0 Å². The summed E-state index contributed by atoms with van der Waals surface area (Å²) in [5.74, 6) is 1.30. The zero-order valence-corrected chi connectivity index (χ0v) is 30.9. The molecule has 2 atom stereocenters. The molecule has 264 valence electrons. The van der Waals surface area contributed by atoms with Gasteiger partial charge in [0.2, 0.25) is 0 Å². The van der Waals surface area contributed by atoms with E-state index in [2.05, 4.69) is 129 Å². The third-order valence-electron chi connectivity index (χ3n) is 10.4. The van der Waals surface area contributed by atoms with Gasteiger partial charge in [-0.2, -0.15) is 0 Å². The summed E-state index contributed by atoms with van der Waals surface area (Å²) in [5.41, 5.74) is 17.1. The summed E-state index contributed by atoms with van der Waals surface area (Å²) in [6.45, 7) is 6.31. The third-order valence-corrected chi connectivity index (χ3v) is 10.4. The Morgan fingerprint density at radius 3 is 2.26 bits per heavy atom. The SMILES string of the molecule is C/C=C\C=C(/C)c1ccc(-c2cccc3oc4cccc(C(/N=C(\N)c5ccccc5)=N/C(C)c5ccc(C6C=CC=CC6)c6ccccc56)c4c23)cc1. The maximum atomic E-state index is 6.79. The van der Waals surface area contributed by atoms with Gasteiger partial charge in [0.05, 0.1) is 6.04 Å². The molecule has 4 nitrogen and oxygen atoms in total. The van der Waals surface area contributed by atoms with Crippen molar-refractivity contribution >= 4 is 50.0 Å². The van der Waals surface area contributed by atoms with E-state index in [1.165, 1.54) is 27.5 Å². The molecule has 1 heterocycles. The molecule has 1 aliphatic carbocycles. The Morgan fingerprint density at radius 2 is 1.50 bits per heavy atom. The Bertz CT molecular complexity index is 2670. The minimum absolute atomic E-state index is 0.229. The number of benzene rings is 6. The number of rotatable bonds is 8. The molecule has 0 radical (unpaired) electrons. The van der Waals surface area contributed by atoms with Gasteiger partial charge in [0.15, 0.2) is 5.84 Å². The van der Waals surface area contributed by atoms with E-state index < -0.39 is 0 Å². The number of hydrogen-bond acceptors (Lipinski definition) is 2. The van der Waals surface area contributed by atoms with Crippen LogP contribution in [0, 0.1) is 0 Å². The zero-order chi connectivity index (χ0) is 37.0. The average molecular weight is 702 g/mol. The lowest BCUT2D eigenvalue weighted by molar-refractivity contribution is 0.669. The predicted octanol–water partition coefficient (Wildman–Crippen LogP) is 12.9. The summed E-state index contributed by atoms with van der Waals surface area (Å²) < 4.78 is 6.56. The Morgan fingerprint density at radius 1 is 0.759 bits per heavy atom. The van der Waals surface area contributed by atoms with Crippen LogP contribution in [0.5, 0.6) is 0 Å². The molecule has 8 rings (SSSR count). The fraction of sp³-hybridized carbons (Fsp3) is 0.120. The summed E-state index contributed by atoms with van der Waals surface area (Å²) >= 11 is 0. The van der Waals surface area contributed by atoms with Gasteiger partial charge < -0.3 is 10.2 Å². The molecule has 0 saturated carbocycles. The number of allylic oxidation sites excluding steroid dienone is 8. The van der Waals surface area contributed by atoms with E-state index in [0.29, 0.717) is 17.6 Å². The number of nitrogens with two attached hydrogens (primary N) is 1. The van der Waals surface area contributed by atoms with E-state index in [1.807, 2.05) is 61.5 Å². The van der Waals surface area contributed by atoms with Gasteiger partial charge in [0.25, 0.3) is 0 Å². The minimum atomic E-state index is -0.229. The highest BCUT2D eigenvalue weighted by Crippen LogP contribution is 2.40. The molecule has 0 spiro atoms. The summed E-state index contributed by atoms with van der Waals surface area (Å²) in [5, 5.41) is 4.43. The van der Waals surface area contributed by atoms with Gasteiger partial charge in [0.1, 0.15) is 17.0 Å². The Hall–Kier alpha value is -6.52. The van der Waals surface area contributed by atoms with Crippen LogP contribution in [0.3, 0.4) is 0 Å². The topological polar surface area (TPSA) is 63.9 Å². The van der Waals surface area contributed by atoms with Gasteiger partial charge in [0, 0.05) is 27.8 Å². The number of fused-ring (bicyclic) bond motifs is 4. The molecule has 0 saturated heterocycles. The van der Waals surface area contributed by atoms with E-state index in [0.717, 1.165) is 56.2 Å². The standard InChI is InChI=1S/C50H43N3O/c1-4-5-16-33(2)35-27-29-37(30-28-35)41-23-14-25-45-47(41)48-44(24-15-26-46(48)54-45)50(53-49(51)38-19-10-7-11-20-38)52-34(3)39-31-32-40(36-17-8-6-9-18-36)43-22-13-12-21-42(39)43/h4-17,19-32,34,36H,18H2,1-3H3,(H2,51,52,53)/b5-4-,33-16+. The summed E-state index contributed by atoms with van der Waals surface area (Å²) in [4.78, 5) is 10.6. The highest BCUT2D eigenvalue weighted by atomic mass is 16.3. The highest BCUT2D eigenvalue weighted by Gasteiger charge is 2.21. The molecule has 4 heteroatoms. The van der Waals surface area contributed by atoms with E-state index >= 15 is 0 Å². The smallest absolute Gasteiger partial charge is 0.158 e. The van der Waals surface area contributed by atoms with Crippen LogP contribution in [0.2, 0.25) is 0 Å². The summed E-state index contributed by atoms with van der Waals surface area (Å²) in [6.07, 6.45) is 16.1. The maximum Gasteiger partial charge on any atom is 0.158 e. The van der Waals surface area contributed by atoms with Crippen molar-refractivity contribution in [3.8, 4) is 11.1 Å². The second-order valence-corrected chi connectivity index (χ2v) is 13.8. The first kappa shape index (κ1) is 34.6. The summed E-state index contributed by atoms with van der Waals surface area (Å²) in [7, 11) is 0. The van der Waals surface area contributed by atoms with Crippen molar-refractivity contribution < 1.29 is 4.42 Å². The fourth-order valence-electron chi connectivity index (χ4n) is 7.59. The van der Waals surface area contributed by atoms with Crippen LogP contribution in [0.15, 0.2) is 184 Å². The number of hydrogen-bond donors (Lipinski definition) is 1. The number of nitrogens with zero attached hydrogens (tertiary/aromatic N) is 2. The van der Waals surface area contributed by atoms with Crippen molar-refractivity contribution in [2.75, 3.05) is 0 Å². The van der Waals surface area contributed by atoms with Gasteiger partial charge in [-0.25, -0.2) is 4.99 Å². The number of amidine groups is 2. The molecule has 1 aromatic heterocycles. The van der Waals surface area contributed by atoms with E-state index in [-0.39, 0.29) is 6.04 Å². The minimum Gasteiger partial charge on any atom is -0.456 e. The Labute approximate surface area is 317 Å². The van der Waals surface area contributed by atoms with Crippen LogP contribution in [-0.4, -0.2) is 11.7 Å². The molecule has 0 amide bonds. The first-order valence-corrected chi connectivity index (χ1v) is 18.7. The van der Waals surface area contributed by atoms with Crippen molar-refractivity contribution in [3.63, 3.8) is 0 Å². The van der Waals surface area contributed by atoms with Crippen LogP contribution in [0.25, 0.3) is 49.4 Å². The number of furan rings is 1. The zero-order valence-electron chi connectivity index (χ0n) is 30.9.